The van der Waals surface area contributed by atoms with Gasteiger partial charge in [0.25, 0.3) is 0 Å². The minimum absolute atomic E-state index is 0.00453. The van der Waals surface area contributed by atoms with E-state index in [0.29, 0.717) is 6.42 Å². The zero-order valence-corrected chi connectivity index (χ0v) is 12.8. The molecule has 0 saturated heterocycles. The number of aromatic nitrogens is 1. The molecule has 3 nitrogen and oxygen atoms in total. The topological polar surface area (TPSA) is 42.0 Å². The highest BCUT2D eigenvalue weighted by atomic mass is 32.1. The fourth-order valence-electron chi connectivity index (χ4n) is 2.30. The molecule has 1 heterocycles. The first kappa shape index (κ1) is 13.8. The van der Waals surface area contributed by atoms with E-state index in [0.717, 1.165) is 32.0 Å². The average Bonchev–Trinajstić information content (AvgIpc) is 2.80. The molecule has 0 fully saturated rings. The Balaban J connectivity index is 1.75. The molecule has 2 aromatic carbocycles. The lowest BCUT2D eigenvalue weighted by molar-refractivity contribution is -0.115. The molecule has 1 N–H and O–H groups in total. The van der Waals surface area contributed by atoms with Crippen LogP contribution in [0.2, 0.25) is 0 Å². The first-order chi connectivity index (χ1) is 10.1. The third kappa shape index (κ3) is 3.11. The molecule has 0 radical (unpaired) electrons. The Morgan fingerprint density at radius 2 is 2.00 bits per heavy atom. The maximum atomic E-state index is 12.2. The van der Waals surface area contributed by atoms with Gasteiger partial charge in [-0.05, 0) is 43.2 Å². The van der Waals surface area contributed by atoms with Gasteiger partial charge in [0, 0.05) is 5.69 Å². The van der Waals surface area contributed by atoms with E-state index >= 15 is 0 Å². The monoisotopic (exact) mass is 296 g/mol. The fourth-order valence-corrected chi connectivity index (χ4v) is 3.17. The average molecular weight is 296 g/mol. The van der Waals surface area contributed by atoms with Gasteiger partial charge in [0.2, 0.25) is 5.91 Å². The molecule has 0 saturated carbocycles. The summed E-state index contributed by atoms with van der Waals surface area (Å²) < 4.78 is 1.10. The summed E-state index contributed by atoms with van der Waals surface area (Å²) in [7, 11) is 0. The molecule has 0 aliphatic carbocycles. The van der Waals surface area contributed by atoms with Crippen LogP contribution in [0.4, 0.5) is 5.69 Å². The molecule has 3 rings (SSSR count). The Morgan fingerprint density at radius 3 is 2.81 bits per heavy atom. The standard InChI is InChI=1S/C17H16N2OS/c1-11-5-3-4-6-13(11)9-17(20)19-14-7-8-15-16(10-14)21-12(2)18-15/h3-8,10H,9H2,1-2H3,(H,19,20). The van der Waals surface area contributed by atoms with Crippen molar-refractivity contribution in [2.45, 2.75) is 20.3 Å². The van der Waals surface area contributed by atoms with Crippen molar-refractivity contribution in [3.05, 3.63) is 58.6 Å². The largest absolute Gasteiger partial charge is 0.326 e. The molecular weight excluding hydrogens is 280 g/mol. The van der Waals surface area contributed by atoms with Crippen LogP contribution in [0, 0.1) is 13.8 Å². The predicted octanol–water partition coefficient (Wildman–Crippen LogP) is 4.09. The van der Waals surface area contributed by atoms with Crippen molar-refractivity contribution >= 4 is 33.1 Å². The van der Waals surface area contributed by atoms with E-state index in [1.54, 1.807) is 11.3 Å². The number of amides is 1. The number of nitrogens with zero attached hydrogens (tertiary/aromatic N) is 1. The number of fused-ring (bicyclic) bond motifs is 1. The van der Waals surface area contributed by atoms with Crippen LogP contribution >= 0.6 is 11.3 Å². The number of anilines is 1. The molecule has 4 heteroatoms. The van der Waals surface area contributed by atoms with Gasteiger partial charge in [0.1, 0.15) is 0 Å². The van der Waals surface area contributed by atoms with Crippen LogP contribution in [-0.2, 0) is 11.2 Å². The number of hydrogen-bond donors (Lipinski definition) is 1. The molecular formula is C17H16N2OS. The summed E-state index contributed by atoms with van der Waals surface area (Å²) in [6.45, 7) is 4.01. The van der Waals surface area contributed by atoms with Crippen LogP contribution < -0.4 is 5.32 Å². The van der Waals surface area contributed by atoms with E-state index < -0.39 is 0 Å². The number of thiazole rings is 1. The molecule has 0 atom stereocenters. The van der Waals surface area contributed by atoms with E-state index in [2.05, 4.69) is 10.3 Å². The number of carbonyl (C=O) groups is 1. The first-order valence-corrected chi connectivity index (χ1v) is 7.65. The zero-order chi connectivity index (χ0) is 14.8. The van der Waals surface area contributed by atoms with E-state index in [1.165, 1.54) is 0 Å². The second-order valence-electron chi connectivity index (χ2n) is 5.07. The van der Waals surface area contributed by atoms with Crippen LogP contribution in [-0.4, -0.2) is 10.9 Å². The molecule has 0 aliphatic rings. The quantitative estimate of drug-likeness (QED) is 0.791. The lowest BCUT2D eigenvalue weighted by atomic mass is 10.1. The Bertz CT molecular complexity index is 807. The van der Waals surface area contributed by atoms with Gasteiger partial charge in [-0.15, -0.1) is 11.3 Å². The molecule has 0 aliphatic heterocycles. The SMILES string of the molecule is Cc1nc2ccc(NC(=O)Cc3ccccc3C)cc2s1. The van der Waals surface area contributed by atoms with Crippen molar-refractivity contribution in [3.63, 3.8) is 0 Å². The molecule has 0 bridgehead atoms. The summed E-state index contributed by atoms with van der Waals surface area (Å²) in [6.07, 6.45) is 0.395. The second kappa shape index (κ2) is 5.66. The summed E-state index contributed by atoms with van der Waals surface area (Å²) in [4.78, 5) is 16.6. The van der Waals surface area contributed by atoms with Crippen molar-refractivity contribution in [1.29, 1.82) is 0 Å². The predicted molar refractivity (Wildman–Crippen MR) is 87.9 cm³/mol. The fraction of sp³-hybridized carbons (Fsp3) is 0.176. The third-order valence-corrected chi connectivity index (χ3v) is 4.32. The van der Waals surface area contributed by atoms with Gasteiger partial charge in [0.05, 0.1) is 21.6 Å². The summed E-state index contributed by atoms with van der Waals surface area (Å²) in [5, 5.41) is 3.99. The van der Waals surface area contributed by atoms with Crippen molar-refractivity contribution in [2.75, 3.05) is 5.32 Å². The summed E-state index contributed by atoms with van der Waals surface area (Å²) >= 11 is 1.64. The Kier molecular flexibility index (Phi) is 3.71. The zero-order valence-electron chi connectivity index (χ0n) is 12.0. The maximum absolute atomic E-state index is 12.2. The van der Waals surface area contributed by atoms with Gasteiger partial charge < -0.3 is 5.32 Å². The smallest absolute Gasteiger partial charge is 0.228 e. The number of carbonyl (C=O) groups excluding carboxylic acids is 1. The Hall–Kier alpha value is -2.20. The van der Waals surface area contributed by atoms with Gasteiger partial charge >= 0.3 is 0 Å². The summed E-state index contributed by atoms with van der Waals surface area (Å²) in [6, 6.07) is 13.8. The van der Waals surface area contributed by atoms with Gasteiger partial charge in [-0.1, -0.05) is 24.3 Å². The summed E-state index contributed by atoms with van der Waals surface area (Å²) in [5.74, 6) is 0.00453. The molecule has 21 heavy (non-hydrogen) atoms. The second-order valence-corrected chi connectivity index (χ2v) is 6.30. The number of rotatable bonds is 3. The van der Waals surface area contributed by atoms with Gasteiger partial charge in [-0.3, -0.25) is 4.79 Å². The lowest BCUT2D eigenvalue weighted by Gasteiger charge is -2.07. The highest BCUT2D eigenvalue weighted by Gasteiger charge is 2.07. The molecule has 3 aromatic rings. The lowest BCUT2D eigenvalue weighted by Crippen LogP contribution is -2.14. The minimum Gasteiger partial charge on any atom is -0.326 e. The third-order valence-electron chi connectivity index (χ3n) is 3.39. The van der Waals surface area contributed by atoms with Gasteiger partial charge in [-0.2, -0.15) is 0 Å². The minimum atomic E-state index is 0.00453. The normalized spacial score (nSPS) is 10.8. The van der Waals surface area contributed by atoms with Crippen molar-refractivity contribution in [3.8, 4) is 0 Å². The molecule has 1 amide bonds. The van der Waals surface area contributed by atoms with Gasteiger partial charge in [0.15, 0.2) is 0 Å². The number of nitrogens with one attached hydrogen (secondary N) is 1. The highest BCUT2D eigenvalue weighted by Crippen LogP contribution is 2.24. The summed E-state index contributed by atoms with van der Waals surface area (Å²) in [5.41, 5.74) is 4.00. The van der Waals surface area contributed by atoms with Crippen LogP contribution in [0.3, 0.4) is 0 Å². The maximum Gasteiger partial charge on any atom is 0.228 e. The first-order valence-electron chi connectivity index (χ1n) is 6.83. The number of aryl methyl sites for hydroxylation is 2. The van der Waals surface area contributed by atoms with E-state index in [9.17, 15) is 4.79 Å². The van der Waals surface area contributed by atoms with Crippen molar-refractivity contribution < 1.29 is 4.79 Å². The molecule has 1 aromatic heterocycles. The molecule has 0 unspecified atom stereocenters. The molecule has 106 valence electrons. The number of hydrogen-bond acceptors (Lipinski definition) is 3. The van der Waals surface area contributed by atoms with Crippen LogP contribution in [0.25, 0.3) is 10.2 Å². The Labute approximate surface area is 127 Å². The van der Waals surface area contributed by atoms with Crippen LogP contribution in [0.15, 0.2) is 42.5 Å². The Morgan fingerprint density at radius 1 is 1.19 bits per heavy atom. The highest BCUT2D eigenvalue weighted by molar-refractivity contribution is 7.18. The van der Waals surface area contributed by atoms with E-state index in [1.807, 2.05) is 56.3 Å². The van der Waals surface area contributed by atoms with Crippen LogP contribution in [0.1, 0.15) is 16.1 Å². The van der Waals surface area contributed by atoms with E-state index in [4.69, 9.17) is 0 Å². The van der Waals surface area contributed by atoms with Gasteiger partial charge in [-0.25, -0.2) is 4.98 Å². The molecule has 0 spiro atoms. The van der Waals surface area contributed by atoms with Crippen molar-refractivity contribution in [2.24, 2.45) is 0 Å². The van der Waals surface area contributed by atoms with Crippen LogP contribution in [0.5, 0.6) is 0 Å². The van der Waals surface area contributed by atoms with E-state index in [-0.39, 0.29) is 5.91 Å². The number of benzene rings is 2. The van der Waals surface area contributed by atoms with Crippen molar-refractivity contribution in [1.82, 2.24) is 4.98 Å².